The van der Waals surface area contributed by atoms with Gasteiger partial charge in [0.2, 0.25) is 0 Å². The lowest BCUT2D eigenvalue weighted by molar-refractivity contribution is 0.512. The van der Waals surface area contributed by atoms with Gasteiger partial charge in [0.1, 0.15) is 0 Å². The molecule has 0 aromatic heterocycles. The minimum atomic E-state index is 0.175. The van der Waals surface area contributed by atoms with Crippen molar-refractivity contribution in [2.24, 2.45) is 16.6 Å². The zero-order valence-corrected chi connectivity index (χ0v) is 16.4. The summed E-state index contributed by atoms with van der Waals surface area (Å²) in [6.07, 6.45) is 3.56. The number of amidine groups is 1. The van der Waals surface area contributed by atoms with Crippen LogP contribution < -0.4 is 5.73 Å². The van der Waals surface area contributed by atoms with Crippen LogP contribution in [0.25, 0.3) is 0 Å². The van der Waals surface area contributed by atoms with E-state index < -0.39 is 0 Å². The van der Waals surface area contributed by atoms with Gasteiger partial charge in [0.15, 0.2) is 5.17 Å². The Morgan fingerprint density at radius 3 is 1.88 bits per heavy atom. The third-order valence-corrected chi connectivity index (χ3v) is 5.32. The molecule has 2 aromatic rings. The van der Waals surface area contributed by atoms with Crippen LogP contribution in [0.15, 0.2) is 65.7 Å². The fourth-order valence-corrected chi connectivity index (χ4v) is 3.91. The van der Waals surface area contributed by atoms with Gasteiger partial charge < -0.3 is 5.73 Å². The first-order chi connectivity index (χ1) is 12.1. The van der Waals surface area contributed by atoms with Crippen molar-refractivity contribution in [1.29, 1.82) is 0 Å². The summed E-state index contributed by atoms with van der Waals surface area (Å²) in [4.78, 5) is 4.72. The molecule has 0 radical (unpaired) electrons. The number of hydrogen-bond acceptors (Lipinski definition) is 2. The van der Waals surface area contributed by atoms with Crippen LogP contribution in [-0.2, 0) is 0 Å². The van der Waals surface area contributed by atoms with Crippen molar-refractivity contribution in [1.82, 2.24) is 0 Å². The maximum absolute atomic E-state index is 6.29. The highest BCUT2D eigenvalue weighted by atomic mass is 32.2. The van der Waals surface area contributed by atoms with Gasteiger partial charge in [0.05, 0.1) is 5.25 Å². The van der Waals surface area contributed by atoms with Crippen LogP contribution in [0.1, 0.15) is 56.4 Å². The standard InChI is InChI=1S/C22H30N2S/c1-17(2)11-10-12-18(3)24-22(23)25-21(19-13-6-4-7-14-19)20-15-8-5-9-16-20/h4-9,13-18,21H,10-12H2,1-3H3,(H2,23,24)/t18-/m1/s1. The number of nitrogens with two attached hydrogens (primary N) is 1. The summed E-state index contributed by atoms with van der Waals surface area (Å²) in [5.74, 6) is 0.753. The van der Waals surface area contributed by atoms with Crippen LogP contribution in [0.4, 0.5) is 0 Å². The molecule has 0 unspecified atom stereocenters. The van der Waals surface area contributed by atoms with E-state index in [1.165, 1.54) is 24.0 Å². The van der Waals surface area contributed by atoms with Gasteiger partial charge in [-0.2, -0.15) is 0 Å². The highest BCUT2D eigenvalue weighted by molar-refractivity contribution is 8.14. The molecule has 0 amide bonds. The minimum absolute atomic E-state index is 0.175. The molecule has 0 bridgehead atoms. The van der Waals surface area contributed by atoms with E-state index >= 15 is 0 Å². The lowest BCUT2D eigenvalue weighted by Gasteiger charge is -2.18. The molecule has 2 aromatic carbocycles. The molecule has 1 atom stereocenters. The molecule has 2 nitrogen and oxygen atoms in total. The van der Waals surface area contributed by atoms with Crippen molar-refractivity contribution in [3.05, 3.63) is 71.8 Å². The Bertz CT molecular complexity index is 598. The zero-order valence-electron chi connectivity index (χ0n) is 15.6. The quantitative estimate of drug-likeness (QED) is 0.463. The summed E-state index contributed by atoms with van der Waals surface area (Å²) in [6.45, 7) is 6.69. The van der Waals surface area contributed by atoms with Crippen molar-refractivity contribution in [3.63, 3.8) is 0 Å². The first-order valence-corrected chi connectivity index (χ1v) is 10.0. The van der Waals surface area contributed by atoms with E-state index in [2.05, 4.69) is 69.3 Å². The number of benzene rings is 2. The molecule has 0 saturated heterocycles. The average Bonchev–Trinajstić information content (AvgIpc) is 2.61. The maximum atomic E-state index is 6.29. The lowest BCUT2D eigenvalue weighted by Crippen LogP contribution is -2.14. The molecular weight excluding hydrogens is 324 g/mol. The number of hydrogen-bond donors (Lipinski definition) is 1. The molecule has 0 fully saturated rings. The van der Waals surface area contributed by atoms with Crippen LogP contribution >= 0.6 is 11.8 Å². The highest BCUT2D eigenvalue weighted by Crippen LogP contribution is 2.35. The van der Waals surface area contributed by atoms with E-state index in [4.69, 9.17) is 10.7 Å². The summed E-state index contributed by atoms with van der Waals surface area (Å²) in [5, 5.41) is 0.851. The van der Waals surface area contributed by atoms with E-state index in [1.807, 2.05) is 12.1 Å². The molecule has 0 aliphatic carbocycles. The van der Waals surface area contributed by atoms with Crippen molar-refractivity contribution < 1.29 is 0 Å². The predicted octanol–water partition coefficient (Wildman–Crippen LogP) is 6.04. The SMILES string of the molecule is CC(C)CCC[C@@H](C)N=C(N)SC(c1ccccc1)c1ccccc1. The third-order valence-electron chi connectivity index (χ3n) is 4.19. The third kappa shape index (κ3) is 6.95. The van der Waals surface area contributed by atoms with Crippen LogP contribution in [-0.4, -0.2) is 11.2 Å². The van der Waals surface area contributed by atoms with Gasteiger partial charge in [-0.15, -0.1) is 0 Å². The van der Waals surface area contributed by atoms with Gasteiger partial charge in [-0.1, -0.05) is 99.1 Å². The second-order valence-corrected chi connectivity index (χ2v) is 8.09. The Morgan fingerprint density at radius 2 is 1.40 bits per heavy atom. The van der Waals surface area contributed by atoms with Crippen molar-refractivity contribution in [2.75, 3.05) is 0 Å². The van der Waals surface area contributed by atoms with Gasteiger partial charge in [-0.25, -0.2) is 0 Å². The Morgan fingerprint density at radius 1 is 0.880 bits per heavy atom. The maximum Gasteiger partial charge on any atom is 0.155 e. The van der Waals surface area contributed by atoms with E-state index in [0.717, 1.165) is 12.3 Å². The summed E-state index contributed by atoms with van der Waals surface area (Å²) >= 11 is 1.65. The first-order valence-electron chi connectivity index (χ1n) is 9.16. The second-order valence-electron chi connectivity index (χ2n) is 6.96. The second kappa shape index (κ2) is 10.3. The van der Waals surface area contributed by atoms with Gasteiger partial charge in [0.25, 0.3) is 0 Å². The fraction of sp³-hybridized carbons (Fsp3) is 0.409. The molecule has 0 saturated carbocycles. The minimum Gasteiger partial charge on any atom is -0.379 e. The van der Waals surface area contributed by atoms with Crippen LogP contribution in [0, 0.1) is 5.92 Å². The van der Waals surface area contributed by atoms with Gasteiger partial charge in [-0.3, -0.25) is 4.99 Å². The largest absolute Gasteiger partial charge is 0.379 e. The van der Waals surface area contributed by atoms with E-state index in [9.17, 15) is 0 Å². The van der Waals surface area contributed by atoms with Gasteiger partial charge >= 0.3 is 0 Å². The molecular formula is C22H30N2S. The van der Waals surface area contributed by atoms with Crippen LogP contribution in [0.5, 0.6) is 0 Å². The molecule has 0 heterocycles. The number of thioether (sulfide) groups is 1. The summed E-state index contributed by atoms with van der Waals surface area (Å²) in [7, 11) is 0. The molecule has 0 spiro atoms. The van der Waals surface area contributed by atoms with Crippen molar-refractivity contribution in [2.45, 2.75) is 51.3 Å². The smallest absolute Gasteiger partial charge is 0.155 e. The van der Waals surface area contributed by atoms with Crippen LogP contribution in [0.3, 0.4) is 0 Å². The predicted molar refractivity (Wildman–Crippen MR) is 112 cm³/mol. The molecule has 0 aliphatic heterocycles. The molecule has 0 aliphatic rings. The molecule has 2 rings (SSSR count). The summed E-state index contributed by atoms with van der Waals surface area (Å²) in [6, 6.07) is 21.3. The summed E-state index contributed by atoms with van der Waals surface area (Å²) < 4.78 is 0. The Hall–Kier alpha value is -1.74. The lowest BCUT2D eigenvalue weighted by atomic mass is 10.0. The van der Waals surface area contributed by atoms with Crippen molar-refractivity contribution in [3.8, 4) is 0 Å². The van der Waals surface area contributed by atoms with Crippen molar-refractivity contribution >= 4 is 16.9 Å². The Balaban J connectivity index is 2.07. The average molecular weight is 355 g/mol. The normalized spacial score (nSPS) is 13.4. The Kier molecular flexibility index (Phi) is 8.07. The van der Waals surface area contributed by atoms with E-state index in [0.29, 0.717) is 5.17 Å². The topological polar surface area (TPSA) is 38.4 Å². The van der Waals surface area contributed by atoms with Gasteiger partial charge in [0, 0.05) is 6.04 Å². The van der Waals surface area contributed by atoms with Crippen LogP contribution in [0.2, 0.25) is 0 Å². The number of nitrogens with zero attached hydrogens (tertiary/aromatic N) is 1. The van der Waals surface area contributed by atoms with E-state index in [1.54, 1.807) is 11.8 Å². The number of aliphatic imine (C=N–C) groups is 1. The zero-order chi connectivity index (χ0) is 18.1. The summed E-state index contributed by atoms with van der Waals surface area (Å²) in [5.41, 5.74) is 8.80. The molecule has 3 heteroatoms. The molecule has 25 heavy (non-hydrogen) atoms. The molecule has 2 N–H and O–H groups in total. The van der Waals surface area contributed by atoms with E-state index in [-0.39, 0.29) is 11.3 Å². The highest BCUT2D eigenvalue weighted by Gasteiger charge is 2.16. The van der Waals surface area contributed by atoms with Gasteiger partial charge in [-0.05, 0) is 30.4 Å². The molecule has 134 valence electrons. The fourth-order valence-electron chi connectivity index (χ4n) is 2.84. The number of rotatable bonds is 8. The first kappa shape index (κ1) is 19.6. The Labute approximate surface area is 156 Å². The monoisotopic (exact) mass is 354 g/mol.